The second-order valence-electron chi connectivity index (χ2n) is 2.94. The molecule has 0 saturated carbocycles. The summed E-state index contributed by atoms with van der Waals surface area (Å²) >= 11 is 2.52. The van der Waals surface area contributed by atoms with Crippen LogP contribution in [0, 0.1) is 11.6 Å². The normalized spacial score (nSPS) is 13.1. The highest BCUT2D eigenvalue weighted by atomic mass is 79.9. The first kappa shape index (κ1) is 16.4. The number of aromatic hydroxyl groups is 1. The van der Waals surface area contributed by atoms with Crippen LogP contribution >= 0.6 is 28.3 Å². The number of rotatable bonds is 1. The van der Waals surface area contributed by atoms with E-state index in [1.807, 2.05) is 0 Å². The Kier molecular flexibility index (Phi) is 5.17. The van der Waals surface area contributed by atoms with Crippen LogP contribution in [-0.4, -0.2) is 11.3 Å². The quantitative estimate of drug-likeness (QED) is 0.607. The third-order valence-corrected chi connectivity index (χ3v) is 2.43. The van der Waals surface area contributed by atoms with E-state index in [1.54, 1.807) is 0 Å². The zero-order chi connectivity index (χ0) is 12.7. The van der Waals surface area contributed by atoms with Crippen LogP contribution in [0.2, 0.25) is 0 Å². The fourth-order valence-corrected chi connectivity index (χ4v) is 1.44. The van der Waals surface area contributed by atoms with Gasteiger partial charge < -0.3 is 10.8 Å². The molecule has 9 heteroatoms. The summed E-state index contributed by atoms with van der Waals surface area (Å²) in [5.41, 5.74) is 3.83. The maximum Gasteiger partial charge on any atom is 0.407 e. The summed E-state index contributed by atoms with van der Waals surface area (Å²) in [6.45, 7) is 0. The Labute approximate surface area is 107 Å². The Morgan fingerprint density at radius 2 is 1.71 bits per heavy atom. The maximum absolute atomic E-state index is 12.9. The van der Waals surface area contributed by atoms with Gasteiger partial charge >= 0.3 is 6.18 Å². The van der Waals surface area contributed by atoms with Crippen LogP contribution in [0.1, 0.15) is 11.6 Å². The molecular formula is C8H6BrClF5NO. The Hall–Kier alpha value is -0.600. The van der Waals surface area contributed by atoms with Gasteiger partial charge in [-0.3, -0.25) is 0 Å². The molecule has 0 fully saturated rings. The first-order valence-corrected chi connectivity index (χ1v) is 4.64. The molecule has 98 valence electrons. The van der Waals surface area contributed by atoms with Crippen molar-refractivity contribution >= 4 is 28.3 Å². The number of benzene rings is 1. The van der Waals surface area contributed by atoms with Crippen molar-refractivity contribution < 1.29 is 27.1 Å². The highest BCUT2D eigenvalue weighted by Gasteiger charge is 2.40. The molecule has 0 spiro atoms. The molecule has 3 N–H and O–H groups in total. The predicted molar refractivity (Wildman–Crippen MR) is 56.0 cm³/mol. The van der Waals surface area contributed by atoms with Gasteiger partial charge in [0.05, 0.1) is 4.47 Å². The third kappa shape index (κ3) is 3.20. The lowest BCUT2D eigenvalue weighted by Crippen LogP contribution is -2.28. The van der Waals surface area contributed by atoms with Gasteiger partial charge in [-0.15, -0.1) is 12.4 Å². The molecule has 0 aliphatic carbocycles. The molecular weight excluding hydrogens is 336 g/mol. The van der Waals surface area contributed by atoms with Gasteiger partial charge in [-0.2, -0.15) is 17.6 Å². The lowest BCUT2D eigenvalue weighted by molar-refractivity contribution is -0.149. The minimum absolute atomic E-state index is 0. The zero-order valence-corrected chi connectivity index (χ0v) is 10.3. The average molecular weight is 342 g/mol. The van der Waals surface area contributed by atoms with Crippen molar-refractivity contribution in [3.8, 4) is 5.75 Å². The Morgan fingerprint density at radius 3 is 2.12 bits per heavy atom. The van der Waals surface area contributed by atoms with Crippen molar-refractivity contribution in [1.82, 2.24) is 0 Å². The van der Waals surface area contributed by atoms with E-state index in [4.69, 9.17) is 10.8 Å². The third-order valence-electron chi connectivity index (χ3n) is 1.85. The number of hydrogen-bond acceptors (Lipinski definition) is 2. The molecule has 1 aromatic carbocycles. The summed E-state index contributed by atoms with van der Waals surface area (Å²) in [5, 5.41) is 9.02. The van der Waals surface area contributed by atoms with Gasteiger partial charge in [0.1, 0.15) is 6.04 Å². The molecule has 0 amide bonds. The standard InChI is InChI=1S/C8H5BrF5NO.ClH/c9-3-1-2(7(15)8(12,13)14)6(16)5(11)4(3)10;/h1,7,16H,15H2;1H/t7-;/m1./s1. The van der Waals surface area contributed by atoms with E-state index < -0.39 is 39.6 Å². The smallest absolute Gasteiger partial charge is 0.407 e. The maximum atomic E-state index is 12.9. The number of phenols is 1. The number of hydrogen-bond donors (Lipinski definition) is 2. The fourth-order valence-electron chi connectivity index (χ4n) is 1.02. The molecule has 0 saturated heterocycles. The van der Waals surface area contributed by atoms with Crippen molar-refractivity contribution in [3.63, 3.8) is 0 Å². The van der Waals surface area contributed by atoms with Crippen LogP contribution < -0.4 is 5.73 Å². The van der Waals surface area contributed by atoms with Gasteiger partial charge in [-0.25, -0.2) is 4.39 Å². The first-order chi connectivity index (χ1) is 7.16. The molecule has 1 aromatic rings. The fraction of sp³-hybridized carbons (Fsp3) is 0.250. The highest BCUT2D eigenvalue weighted by Crippen LogP contribution is 2.38. The Balaban J connectivity index is 0.00000256. The van der Waals surface area contributed by atoms with Crippen LogP contribution in [-0.2, 0) is 0 Å². The second kappa shape index (κ2) is 5.36. The summed E-state index contributed by atoms with van der Waals surface area (Å²) in [4.78, 5) is 0. The van der Waals surface area contributed by atoms with Crippen LogP contribution in [0.5, 0.6) is 5.75 Å². The molecule has 0 aliphatic heterocycles. The average Bonchev–Trinajstić information content (AvgIpc) is 2.18. The Morgan fingerprint density at radius 1 is 1.24 bits per heavy atom. The first-order valence-electron chi connectivity index (χ1n) is 3.85. The molecule has 0 heterocycles. The monoisotopic (exact) mass is 341 g/mol. The Bertz CT molecular complexity index is 425. The van der Waals surface area contributed by atoms with Gasteiger partial charge in [0.15, 0.2) is 11.6 Å². The SMILES string of the molecule is Cl.N[C@H](c1cc(Br)c(F)c(F)c1O)C(F)(F)F. The van der Waals surface area contributed by atoms with Crippen molar-refractivity contribution in [1.29, 1.82) is 0 Å². The minimum Gasteiger partial charge on any atom is -0.505 e. The molecule has 1 atom stereocenters. The van der Waals surface area contributed by atoms with Gasteiger partial charge in [0.2, 0.25) is 5.82 Å². The number of alkyl halides is 3. The van der Waals surface area contributed by atoms with E-state index in [2.05, 4.69) is 15.9 Å². The van der Waals surface area contributed by atoms with E-state index in [0.29, 0.717) is 6.07 Å². The zero-order valence-electron chi connectivity index (χ0n) is 7.86. The highest BCUT2D eigenvalue weighted by molar-refractivity contribution is 9.10. The van der Waals surface area contributed by atoms with E-state index >= 15 is 0 Å². The topological polar surface area (TPSA) is 46.2 Å². The van der Waals surface area contributed by atoms with E-state index in [-0.39, 0.29) is 12.4 Å². The van der Waals surface area contributed by atoms with Gasteiger partial charge in [0.25, 0.3) is 0 Å². The summed E-state index contributed by atoms with van der Waals surface area (Å²) < 4.78 is 61.8. The molecule has 0 unspecified atom stereocenters. The lowest BCUT2D eigenvalue weighted by Gasteiger charge is -2.17. The predicted octanol–water partition coefficient (Wildman–Crippen LogP) is 3.42. The van der Waals surface area contributed by atoms with Crippen molar-refractivity contribution in [2.75, 3.05) is 0 Å². The van der Waals surface area contributed by atoms with Crippen molar-refractivity contribution in [3.05, 3.63) is 27.7 Å². The summed E-state index contributed by atoms with van der Waals surface area (Å²) in [6.07, 6.45) is -4.86. The molecule has 17 heavy (non-hydrogen) atoms. The largest absolute Gasteiger partial charge is 0.505 e. The van der Waals surface area contributed by atoms with Crippen LogP contribution in [0.15, 0.2) is 10.5 Å². The van der Waals surface area contributed by atoms with E-state index in [9.17, 15) is 22.0 Å². The number of nitrogens with two attached hydrogens (primary N) is 1. The molecule has 0 radical (unpaired) electrons. The van der Waals surface area contributed by atoms with Crippen LogP contribution in [0.4, 0.5) is 22.0 Å². The van der Waals surface area contributed by atoms with Crippen LogP contribution in [0.3, 0.4) is 0 Å². The van der Waals surface area contributed by atoms with Gasteiger partial charge in [-0.05, 0) is 22.0 Å². The molecule has 1 rings (SSSR count). The van der Waals surface area contributed by atoms with Crippen molar-refractivity contribution in [2.24, 2.45) is 5.73 Å². The van der Waals surface area contributed by atoms with E-state index in [1.165, 1.54) is 0 Å². The number of phenolic OH excluding ortho intramolecular Hbond substituents is 1. The molecule has 0 bridgehead atoms. The van der Waals surface area contributed by atoms with Crippen LogP contribution in [0.25, 0.3) is 0 Å². The van der Waals surface area contributed by atoms with E-state index in [0.717, 1.165) is 0 Å². The lowest BCUT2D eigenvalue weighted by atomic mass is 10.1. The second-order valence-corrected chi connectivity index (χ2v) is 3.80. The van der Waals surface area contributed by atoms with Crippen molar-refractivity contribution in [2.45, 2.75) is 12.2 Å². The van der Waals surface area contributed by atoms with Gasteiger partial charge in [-0.1, -0.05) is 0 Å². The van der Waals surface area contributed by atoms with Gasteiger partial charge in [0, 0.05) is 5.56 Å². The molecule has 0 aliphatic rings. The minimum atomic E-state index is -4.86. The molecule has 0 aromatic heterocycles. The molecule has 2 nitrogen and oxygen atoms in total. The summed E-state index contributed by atoms with van der Waals surface area (Å²) in [6, 6.07) is -2.00. The summed E-state index contributed by atoms with van der Waals surface area (Å²) in [5.74, 6) is -4.69. The summed E-state index contributed by atoms with van der Waals surface area (Å²) in [7, 11) is 0. The number of halogens is 7.